The summed E-state index contributed by atoms with van der Waals surface area (Å²) in [6.45, 7) is 7.56. The van der Waals surface area contributed by atoms with E-state index in [0.29, 0.717) is 0 Å². The summed E-state index contributed by atoms with van der Waals surface area (Å²) in [5.41, 5.74) is 0. The van der Waals surface area contributed by atoms with Gasteiger partial charge in [-0.05, 0) is 37.6 Å². The maximum Gasteiger partial charge on any atom is 0.00953 e. The summed E-state index contributed by atoms with van der Waals surface area (Å²) in [4.78, 5) is 2.76. The van der Waals surface area contributed by atoms with Crippen molar-refractivity contribution in [1.29, 1.82) is 0 Å². The zero-order valence-corrected chi connectivity index (χ0v) is 9.84. The Morgan fingerprint density at radius 2 is 2.00 bits per heavy atom. The van der Waals surface area contributed by atoms with Gasteiger partial charge in [0.15, 0.2) is 0 Å². The maximum atomic E-state index is 2.76. The second kappa shape index (κ2) is 4.65. The fourth-order valence-electron chi connectivity index (χ4n) is 3.11. The lowest BCUT2D eigenvalue weighted by Gasteiger charge is -2.44. The highest BCUT2D eigenvalue weighted by atomic mass is 15.2. The van der Waals surface area contributed by atoms with E-state index >= 15 is 0 Å². The highest BCUT2D eigenvalue weighted by Gasteiger charge is 2.31. The molecule has 14 heavy (non-hydrogen) atoms. The summed E-state index contributed by atoms with van der Waals surface area (Å²) in [5.74, 6) is 1.97. The van der Waals surface area contributed by atoms with Gasteiger partial charge >= 0.3 is 0 Å². The number of hydrogen-bond donors (Lipinski definition) is 0. The maximum absolute atomic E-state index is 2.76. The molecule has 1 saturated carbocycles. The standard InChI is InChI=1S/C13H25N/c1-3-5-12-8-9-14(10-11(12)2)13-6-4-7-13/h11-13H,3-10H2,1-2H3/t11-,12+/m1/s1. The van der Waals surface area contributed by atoms with Gasteiger partial charge < -0.3 is 4.90 Å². The Morgan fingerprint density at radius 1 is 1.21 bits per heavy atom. The smallest absolute Gasteiger partial charge is 0.00953 e. The van der Waals surface area contributed by atoms with Crippen molar-refractivity contribution in [3.63, 3.8) is 0 Å². The summed E-state index contributed by atoms with van der Waals surface area (Å²) >= 11 is 0. The summed E-state index contributed by atoms with van der Waals surface area (Å²) < 4.78 is 0. The quantitative estimate of drug-likeness (QED) is 0.668. The minimum Gasteiger partial charge on any atom is -0.300 e. The van der Waals surface area contributed by atoms with Gasteiger partial charge in [-0.1, -0.05) is 33.1 Å². The van der Waals surface area contributed by atoms with E-state index in [2.05, 4.69) is 18.7 Å². The van der Waals surface area contributed by atoms with Crippen LogP contribution < -0.4 is 0 Å². The van der Waals surface area contributed by atoms with E-state index in [-0.39, 0.29) is 0 Å². The van der Waals surface area contributed by atoms with Crippen molar-refractivity contribution in [2.75, 3.05) is 13.1 Å². The van der Waals surface area contributed by atoms with Crippen LogP contribution in [0, 0.1) is 11.8 Å². The minimum atomic E-state index is 0.948. The predicted molar refractivity (Wildman–Crippen MR) is 61.4 cm³/mol. The van der Waals surface area contributed by atoms with Crippen molar-refractivity contribution in [3.8, 4) is 0 Å². The lowest BCUT2D eigenvalue weighted by molar-refractivity contribution is 0.0505. The first-order valence-corrected chi connectivity index (χ1v) is 6.55. The van der Waals surface area contributed by atoms with E-state index in [4.69, 9.17) is 0 Å². The molecule has 0 aromatic carbocycles. The Morgan fingerprint density at radius 3 is 2.50 bits per heavy atom. The predicted octanol–water partition coefficient (Wildman–Crippen LogP) is 3.30. The van der Waals surface area contributed by atoms with Crippen molar-refractivity contribution in [2.24, 2.45) is 11.8 Å². The molecule has 0 bridgehead atoms. The molecule has 1 nitrogen and oxygen atoms in total. The number of hydrogen-bond acceptors (Lipinski definition) is 1. The van der Waals surface area contributed by atoms with Gasteiger partial charge in [-0.2, -0.15) is 0 Å². The molecule has 2 fully saturated rings. The van der Waals surface area contributed by atoms with E-state index in [9.17, 15) is 0 Å². The molecular formula is C13H25N. The van der Waals surface area contributed by atoms with Gasteiger partial charge in [0.1, 0.15) is 0 Å². The topological polar surface area (TPSA) is 3.24 Å². The van der Waals surface area contributed by atoms with Gasteiger partial charge in [-0.15, -0.1) is 0 Å². The second-order valence-electron chi connectivity index (χ2n) is 5.39. The third-order valence-corrected chi connectivity index (χ3v) is 4.36. The molecule has 2 aliphatic rings. The fourth-order valence-corrected chi connectivity index (χ4v) is 3.11. The van der Waals surface area contributed by atoms with Gasteiger partial charge in [0.25, 0.3) is 0 Å². The van der Waals surface area contributed by atoms with Gasteiger partial charge in [0, 0.05) is 12.6 Å². The van der Waals surface area contributed by atoms with E-state index in [1.54, 1.807) is 0 Å². The Balaban J connectivity index is 1.79. The average molecular weight is 195 g/mol. The fraction of sp³-hybridized carbons (Fsp3) is 1.00. The SMILES string of the molecule is CCC[C@H]1CCN(C2CCC2)C[C@H]1C. The third-order valence-electron chi connectivity index (χ3n) is 4.36. The van der Waals surface area contributed by atoms with Crippen LogP contribution in [-0.2, 0) is 0 Å². The van der Waals surface area contributed by atoms with Crippen LogP contribution in [0.5, 0.6) is 0 Å². The molecule has 0 N–H and O–H groups in total. The van der Waals surface area contributed by atoms with Crippen LogP contribution in [0.4, 0.5) is 0 Å². The van der Waals surface area contributed by atoms with Crippen LogP contribution in [-0.4, -0.2) is 24.0 Å². The third kappa shape index (κ3) is 2.13. The molecule has 1 aliphatic heterocycles. The molecule has 0 aromatic heterocycles. The summed E-state index contributed by atoms with van der Waals surface area (Å²) in [7, 11) is 0. The molecule has 0 amide bonds. The number of nitrogens with zero attached hydrogens (tertiary/aromatic N) is 1. The lowest BCUT2D eigenvalue weighted by Crippen LogP contribution is -2.47. The summed E-state index contributed by atoms with van der Waals surface area (Å²) in [6.07, 6.45) is 8.73. The number of piperidine rings is 1. The minimum absolute atomic E-state index is 0.948. The molecule has 1 aliphatic carbocycles. The second-order valence-corrected chi connectivity index (χ2v) is 5.39. The number of likely N-dealkylation sites (tertiary alicyclic amines) is 1. The normalized spacial score (nSPS) is 35.6. The van der Waals surface area contributed by atoms with Gasteiger partial charge in [-0.3, -0.25) is 0 Å². The highest BCUT2D eigenvalue weighted by Crippen LogP contribution is 2.33. The molecule has 2 rings (SSSR count). The lowest BCUT2D eigenvalue weighted by atomic mass is 9.81. The molecule has 82 valence electrons. The van der Waals surface area contributed by atoms with E-state index in [1.165, 1.54) is 51.6 Å². The van der Waals surface area contributed by atoms with Crippen molar-refractivity contribution in [3.05, 3.63) is 0 Å². The Kier molecular flexibility index (Phi) is 3.48. The van der Waals surface area contributed by atoms with Crippen molar-refractivity contribution in [2.45, 2.75) is 58.4 Å². The Bertz CT molecular complexity index is 174. The van der Waals surface area contributed by atoms with Crippen LogP contribution in [0.3, 0.4) is 0 Å². The van der Waals surface area contributed by atoms with Crippen LogP contribution >= 0.6 is 0 Å². The Hall–Kier alpha value is -0.0400. The van der Waals surface area contributed by atoms with Gasteiger partial charge in [-0.25, -0.2) is 0 Å². The van der Waals surface area contributed by atoms with Crippen molar-refractivity contribution >= 4 is 0 Å². The largest absolute Gasteiger partial charge is 0.300 e. The van der Waals surface area contributed by atoms with Crippen LogP contribution in [0.15, 0.2) is 0 Å². The van der Waals surface area contributed by atoms with E-state index in [1.807, 2.05) is 0 Å². The van der Waals surface area contributed by atoms with Crippen LogP contribution in [0.2, 0.25) is 0 Å². The van der Waals surface area contributed by atoms with Crippen LogP contribution in [0.25, 0.3) is 0 Å². The van der Waals surface area contributed by atoms with E-state index < -0.39 is 0 Å². The molecule has 1 heteroatoms. The molecular weight excluding hydrogens is 170 g/mol. The van der Waals surface area contributed by atoms with Gasteiger partial charge in [0.05, 0.1) is 0 Å². The van der Waals surface area contributed by atoms with E-state index in [0.717, 1.165) is 17.9 Å². The zero-order chi connectivity index (χ0) is 9.97. The Labute approximate surface area is 88.9 Å². The van der Waals surface area contributed by atoms with Gasteiger partial charge in [0.2, 0.25) is 0 Å². The molecule has 0 spiro atoms. The average Bonchev–Trinajstić information content (AvgIpc) is 2.07. The molecule has 1 heterocycles. The monoisotopic (exact) mass is 195 g/mol. The van der Waals surface area contributed by atoms with Crippen molar-refractivity contribution in [1.82, 2.24) is 4.90 Å². The molecule has 0 radical (unpaired) electrons. The first-order chi connectivity index (χ1) is 6.81. The summed E-state index contributed by atoms with van der Waals surface area (Å²) in [5, 5.41) is 0. The molecule has 0 aromatic rings. The zero-order valence-electron chi connectivity index (χ0n) is 9.84. The first kappa shape index (κ1) is 10.5. The molecule has 0 unspecified atom stereocenters. The highest BCUT2D eigenvalue weighted by molar-refractivity contribution is 4.86. The van der Waals surface area contributed by atoms with Crippen LogP contribution in [0.1, 0.15) is 52.4 Å². The summed E-state index contributed by atoms with van der Waals surface area (Å²) in [6, 6.07) is 0.972. The molecule has 2 atom stereocenters. The number of rotatable bonds is 3. The molecule has 1 saturated heterocycles. The first-order valence-electron chi connectivity index (χ1n) is 6.55. The van der Waals surface area contributed by atoms with Crippen molar-refractivity contribution < 1.29 is 0 Å².